The SMILES string of the molecule is NCc1cccc(CNC(=O)C2N(C(=O)Nc3cccc(F)c3)CCN2C(=O)Oc2ccccc2)c1. The number of hydrogen-bond donors (Lipinski definition) is 3. The number of ether oxygens (including phenoxy) is 1. The molecule has 10 heteroatoms. The lowest BCUT2D eigenvalue weighted by Crippen LogP contribution is -2.55. The molecule has 1 atom stereocenters. The Kier molecular flexibility index (Phi) is 7.76. The van der Waals surface area contributed by atoms with Crippen LogP contribution in [0.3, 0.4) is 0 Å². The quantitative estimate of drug-likeness (QED) is 0.489. The Morgan fingerprint density at radius 2 is 1.64 bits per heavy atom. The van der Waals surface area contributed by atoms with Gasteiger partial charge in [0.05, 0.1) is 0 Å². The fourth-order valence-corrected chi connectivity index (χ4v) is 3.87. The van der Waals surface area contributed by atoms with E-state index in [1.807, 2.05) is 24.3 Å². The zero-order valence-corrected chi connectivity index (χ0v) is 19.4. The number of amides is 4. The lowest BCUT2D eigenvalue weighted by Gasteiger charge is -2.28. The van der Waals surface area contributed by atoms with Gasteiger partial charge in [0.1, 0.15) is 11.6 Å². The van der Waals surface area contributed by atoms with E-state index in [9.17, 15) is 18.8 Å². The predicted molar refractivity (Wildman–Crippen MR) is 131 cm³/mol. The van der Waals surface area contributed by atoms with Crippen LogP contribution >= 0.6 is 0 Å². The van der Waals surface area contributed by atoms with Crippen molar-refractivity contribution < 1.29 is 23.5 Å². The van der Waals surface area contributed by atoms with E-state index >= 15 is 0 Å². The molecule has 0 aliphatic carbocycles. The number of carbonyl (C=O) groups is 3. The molecule has 4 rings (SSSR count). The van der Waals surface area contributed by atoms with Crippen molar-refractivity contribution >= 4 is 23.7 Å². The summed E-state index contributed by atoms with van der Waals surface area (Å²) in [6.45, 7) is 0.677. The van der Waals surface area contributed by atoms with Gasteiger partial charge in [-0.15, -0.1) is 0 Å². The highest BCUT2D eigenvalue weighted by molar-refractivity contribution is 5.95. The van der Waals surface area contributed by atoms with Crippen LogP contribution in [0.2, 0.25) is 0 Å². The van der Waals surface area contributed by atoms with E-state index in [0.717, 1.165) is 17.2 Å². The normalized spacial score (nSPS) is 14.9. The molecule has 36 heavy (non-hydrogen) atoms. The molecule has 1 aliphatic heterocycles. The third-order valence-corrected chi connectivity index (χ3v) is 5.62. The molecule has 4 N–H and O–H groups in total. The summed E-state index contributed by atoms with van der Waals surface area (Å²) in [7, 11) is 0. The van der Waals surface area contributed by atoms with Crippen LogP contribution in [0.4, 0.5) is 19.7 Å². The first kappa shape index (κ1) is 24.7. The Labute approximate surface area is 207 Å². The van der Waals surface area contributed by atoms with Crippen LogP contribution in [-0.2, 0) is 17.9 Å². The number of anilines is 1. The van der Waals surface area contributed by atoms with Gasteiger partial charge in [-0.25, -0.2) is 14.0 Å². The van der Waals surface area contributed by atoms with Crippen LogP contribution in [-0.4, -0.2) is 47.1 Å². The summed E-state index contributed by atoms with van der Waals surface area (Å²) >= 11 is 0. The first-order valence-corrected chi connectivity index (χ1v) is 11.4. The summed E-state index contributed by atoms with van der Waals surface area (Å²) in [5.74, 6) is -0.774. The van der Waals surface area contributed by atoms with Crippen molar-refractivity contribution in [1.82, 2.24) is 15.1 Å². The molecule has 3 aromatic carbocycles. The zero-order chi connectivity index (χ0) is 25.5. The van der Waals surface area contributed by atoms with E-state index in [1.165, 1.54) is 28.0 Å². The van der Waals surface area contributed by atoms with Crippen LogP contribution in [0, 0.1) is 5.82 Å². The zero-order valence-electron chi connectivity index (χ0n) is 19.4. The molecule has 186 valence electrons. The Morgan fingerprint density at radius 1 is 0.917 bits per heavy atom. The molecule has 1 fully saturated rings. The van der Waals surface area contributed by atoms with Gasteiger partial charge in [-0.05, 0) is 41.5 Å². The van der Waals surface area contributed by atoms with Crippen molar-refractivity contribution in [3.63, 3.8) is 0 Å². The van der Waals surface area contributed by atoms with E-state index in [1.54, 1.807) is 30.3 Å². The number of para-hydroxylation sites is 1. The standard InChI is InChI=1S/C26H26FN5O4/c27-20-8-5-9-21(15-20)30-25(34)31-12-13-32(26(35)36-22-10-2-1-3-11-22)24(31)23(33)29-17-19-7-4-6-18(14-19)16-28/h1-11,14-15,24H,12-13,16-17,28H2,(H,29,33)(H,30,34). The molecular formula is C26H26FN5O4. The molecule has 1 heterocycles. The van der Waals surface area contributed by atoms with Crippen molar-refractivity contribution in [2.45, 2.75) is 19.3 Å². The van der Waals surface area contributed by atoms with Crippen molar-refractivity contribution in [2.24, 2.45) is 5.73 Å². The van der Waals surface area contributed by atoms with E-state index in [-0.39, 0.29) is 25.3 Å². The van der Waals surface area contributed by atoms with Gasteiger partial charge >= 0.3 is 12.1 Å². The van der Waals surface area contributed by atoms with Gasteiger partial charge in [0.2, 0.25) is 0 Å². The van der Waals surface area contributed by atoms with Crippen molar-refractivity contribution in [3.05, 3.63) is 95.8 Å². The molecule has 0 aromatic heterocycles. The average molecular weight is 492 g/mol. The maximum absolute atomic E-state index is 13.6. The van der Waals surface area contributed by atoms with Gasteiger partial charge in [0.15, 0.2) is 6.17 Å². The molecule has 3 aromatic rings. The minimum Gasteiger partial charge on any atom is -0.410 e. The van der Waals surface area contributed by atoms with Crippen LogP contribution in [0.15, 0.2) is 78.9 Å². The first-order chi connectivity index (χ1) is 17.4. The molecule has 0 bridgehead atoms. The molecule has 9 nitrogen and oxygen atoms in total. The lowest BCUT2D eigenvalue weighted by molar-refractivity contribution is -0.128. The van der Waals surface area contributed by atoms with Gasteiger partial charge in [-0.2, -0.15) is 0 Å². The molecule has 0 saturated carbocycles. The fraction of sp³-hybridized carbons (Fsp3) is 0.192. The maximum Gasteiger partial charge on any atom is 0.417 e. The Bertz CT molecular complexity index is 1240. The number of nitrogens with one attached hydrogen (secondary N) is 2. The van der Waals surface area contributed by atoms with Gasteiger partial charge < -0.3 is 21.1 Å². The molecule has 1 aliphatic rings. The largest absolute Gasteiger partial charge is 0.417 e. The number of carbonyl (C=O) groups excluding carboxylic acids is 3. The molecular weight excluding hydrogens is 465 g/mol. The predicted octanol–water partition coefficient (Wildman–Crippen LogP) is 3.28. The van der Waals surface area contributed by atoms with Crippen LogP contribution in [0.1, 0.15) is 11.1 Å². The minimum atomic E-state index is -1.27. The summed E-state index contributed by atoms with van der Waals surface area (Å²) in [5.41, 5.74) is 7.65. The van der Waals surface area contributed by atoms with Gasteiger partial charge in [0.25, 0.3) is 5.91 Å². The van der Waals surface area contributed by atoms with E-state index in [2.05, 4.69) is 10.6 Å². The third kappa shape index (κ3) is 5.97. The number of urea groups is 1. The summed E-state index contributed by atoms with van der Waals surface area (Å²) < 4.78 is 19.0. The minimum absolute atomic E-state index is 0.0724. The van der Waals surface area contributed by atoms with E-state index < -0.39 is 30.0 Å². The Morgan fingerprint density at radius 3 is 2.39 bits per heavy atom. The first-order valence-electron chi connectivity index (χ1n) is 11.4. The van der Waals surface area contributed by atoms with Crippen LogP contribution in [0.25, 0.3) is 0 Å². The Hall–Kier alpha value is -4.44. The highest BCUT2D eigenvalue weighted by Gasteiger charge is 2.43. The summed E-state index contributed by atoms with van der Waals surface area (Å²) in [4.78, 5) is 41.7. The number of halogens is 1. The number of nitrogens with two attached hydrogens (primary N) is 1. The van der Waals surface area contributed by atoms with E-state index in [4.69, 9.17) is 10.5 Å². The second kappa shape index (κ2) is 11.3. The van der Waals surface area contributed by atoms with Gasteiger partial charge in [-0.3, -0.25) is 14.6 Å². The maximum atomic E-state index is 13.6. The smallest absolute Gasteiger partial charge is 0.410 e. The molecule has 1 saturated heterocycles. The summed E-state index contributed by atoms with van der Waals surface area (Å²) in [6, 6.07) is 20.6. The van der Waals surface area contributed by atoms with Crippen molar-refractivity contribution in [2.75, 3.05) is 18.4 Å². The van der Waals surface area contributed by atoms with Crippen molar-refractivity contribution in [1.29, 1.82) is 0 Å². The van der Waals surface area contributed by atoms with Gasteiger partial charge in [-0.1, -0.05) is 48.5 Å². The molecule has 4 amide bonds. The molecule has 0 spiro atoms. The van der Waals surface area contributed by atoms with Gasteiger partial charge in [0, 0.05) is 31.9 Å². The third-order valence-electron chi connectivity index (χ3n) is 5.62. The molecule has 1 unspecified atom stereocenters. The van der Waals surface area contributed by atoms with Crippen molar-refractivity contribution in [3.8, 4) is 5.75 Å². The Balaban J connectivity index is 1.52. The summed E-state index contributed by atoms with van der Waals surface area (Å²) in [5, 5.41) is 5.37. The number of benzene rings is 3. The fourth-order valence-electron chi connectivity index (χ4n) is 3.87. The van der Waals surface area contributed by atoms with E-state index in [0.29, 0.717) is 12.3 Å². The second-order valence-corrected chi connectivity index (χ2v) is 8.12. The highest BCUT2D eigenvalue weighted by atomic mass is 19.1. The number of rotatable bonds is 6. The topological polar surface area (TPSA) is 117 Å². The van der Waals surface area contributed by atoms with Crippen LogP contribution < -0.4 is 21.1 Å². The second-order valence-electron chi connectivity index (χ2n) is 8.12. The highest BCUT2D eigenvalue weighted by Crippen LogP contribution is 2.21. The average Bonchev–Trinajstić information content (AvgIpc) is 3.34. The lowest BCUT2D eigenvalue weighted by atomic mass is 10.1. The molecule has 0 radical (unpaired) electrons. The monoisotopic (exact) mass is 491 g/mol. The number of nitrogens with zero attached hydrogens (tertiary/aromatic N) is 2. The van der Waals surface area contributed by atoms with Crippen LogP contribution in [0.5, 0.6) is 5.75 Å². The number of hydrogen-bond acceptors (Lipinski definition) is 5. The summed E-state index contributed by atoms with van der Waals surface area (Å²) in [6.07, 6.45) is -2.04.